The van der Waals surface area contributed by atoms with E-state index in [1.165, 1.54) is 12.2 Å². The van der Waals surface area contributed by atoms with Gasteiger partial charge in [0, 0.05) is 25.8 Å². The van der Waals surface area contributed by atoms with E-state index in [-0.39, 0.29) is 24.0 Å². The van der Waals surface area contributed by atoms with Gasteiger partial charge in [0.15, 0.2) is 5.96 Å². The van der Waals surface area contributed by atoms with Gasteiger partial charge in [0.2, 0.25) is 0 Å². The fraction of sp³-hybridized carbons (Fsp3) is 0.643. The van der Waals surface area contributed by atoms with Gasteiger partial charge in [-0.15, -0.1) is 24.0 Å². The molecule has 1 rings (SSSR count). The molecule has 0 fully saturated rings. The molecule has 22 heavy (non-hydrogen) atoms. The number of nitrogens with zero attached hydrogens (tertiary/aromatic N) is 2. The summed E-state index contributed by atoms with van der Waals surface area (Å²) < 4.78 is 1.86. The van der Waals surface area contributed by atoms with Crippen LogP contribution in [-0.4, -0.2) is 35.6 Å². The molecule has 0 amide bonds. The lowest BCUT2D eigenvalue weighted by molar-refractivity contribution is 0.730. The lowest BCUT2D eigenvalue weighted by Gasteiger charge is -2.11. The van der Waals surface area contributed by atoms with Crippen LogP contribution in [-0.2, 0) is 13.6 Å². The maximum atomic E-state index is 6.06. The molecule has 0 radical (unpaired) electrons. The summed E-state index contributed by atoms with van der Waals surface area (Å²) in [5, 5.41) is 7.71. The van der Waals surface area contributed by atoms with Crippen molar-refractivity contribution in [1.29, 1.82) is 0 Å². The molecular formula is C14H25Cl2IN4S. The van der Waals surface area contributed by atoms with Gasteiger partial charge in [-0.2, -0.15) is 11.8 Å². The highest BCUT2D eigenvalue weighted by Crippen LogP contribution is 2.25. The molecule has 0 aliphatic carbocycles. The zero-order chi connectivity index (χ0) is 15.7. The van der Waals surface area contributed by atoms with Gasteiger partial charge in [-0.05, 0) is 37.8 Å². The number of aromatic nitrogens is 1. The summed E-state index contributed by atoms with van der Waals surface area (Å²) in [5.41, 5.74) is 0.990. The predicted octanol–water partition coefficient (Wildman–Crippen LogP) is 4.15. The molecule has 0 saturated carbocycles. The fourth-order valence-corrected chi connectivity index (χ4v) is 2.73. The van der Waals surface area contributed by atoms with Gasteiger partial charge in [0.05, 0.1) is 11.6 Å². The lowest BCUT2D eigenvalue weighted by Crippen LogP contribution is -2.37. The summed E-state index contributed by atoms with van der Waals surface area (Å²) in [7, 11) is 1.89. The Labute approximate surface area is 164 Å². The summed E-state index contributed by atoms with van der Waals surface area (Å²) in [6, 6.07) is 1.86. The van der Waals surface area contributed by atoms with E-state index in [9.17, 15) is 0 Å². The Hall–Kier alpha value is 0.210. The Balaban J connectivity index is 0.00000441. The van der Waals surface area contributed by atoms with Crippen molar-refractivity contribution < 1.29 is 0 Å². The lowest BCUT2D eigenvalue weighted by atomic mass is 10.3. The van der Waals surface area contributed by atoms with E-state index in [1.54, 1.807) is 0 Å². The highest BCUT2D eigenvalue weighted by molar-refractivity contribution is 14.0. The molecular weight excluding hydrogens is 454 g/mol. The molecule has 8 heteroatoms. The molecule has 0 bridgehead atoms. The normalized spacial score (nSPS) is 11.2. The maximum Gasteiger partial charge on any atom is 0.191 e. The molecule has 0 saturated heterocycles. The van der Waals surface area contributed by atoms with Crippen LogP contribution in [0, 0.1) is 0 Å². The van der Waals surface area contributed by atoms with Crippen molar-refractivity contribution in [3.8, 4) is 0 Å². The van der Waals surface area contributed by atoms with Crippen LogP contribution in [0.2, 0.25) is 10.2 Å². The highest BCUT2D eigenvalue weighted by atomic mass is 127. The number of halogens is 3. The van der Waals surface area contributed by atoms with Gasteiger partial charge in [0.1, 0.15) is 5.15 Å². The first-order valence-corrected chi connectivity index (χ1v) is 9.25. The molecule has 0 aliphatic rings. The quantitative estimate of drug-likeness (QED) is 0.255. The van der Waals surface area contributed by atoms with Crippen molar-refractivity contribution in [1.82, 2.24) is 15.2 Å². The zero-order valence-corrected chi connectivity index (χ0v) is 17.9. The van der Waals surface area contributed by atoms with Crippen molar-refractivity contribution in [3.63, 3.8) is 0 Å². The number of aliphatic imine (C=N–C) groups is 1. The number of unbranched alkanes of at least 4 members (excludes halogenated alkanes) is 1. The topological polar surface area (TPSA) is 41.4 Å². The van der Waals surface area contributed by atoms with E-state index in [0.717, 1.165) is 31.2 Å². The minimum absolute atomic E-state index is 0. The summed E-state index contributed by atoms with van der Waals surface area (Å²) in [5.74, 6) is 2.03. The number of nitrogens with one attached hydrogen (secondary N) is 2. The number of thioether (sulfide) groups is 1. The predicted molar refractivity (Wildman–Crippen MR) is 111 cm³/mol. The molecule has 1 aromatic rings. The van der Waals surface area contributed by atoms with Gasteiger partial charge in [0.25, 0.3) is 0 Å². The summed E-state index contributed by atoms with van der Waals surface area (Å²) in [6.07, 6.45) is 4.50. The molecule has 1 heterocycles. The second-order valence-electron chi connectivity index (χ2n) is 4.66. The number of hydrogen-bond donors (Lipinski definition) is 2. The molecule has 0 aromatic carbocycles. The average Bonchev–Trinajstić information content (AvgIpc) is 2.71. The van der Waals surface area contributed by atoms with E-state index in [0.29, 0.717) is 16.7 Å². The van der Waals surface area contributed by atoms with Gasteiger partial charge in [-0.25, -0.2) is 4.99 Å². The number of guanidine groups is 1. The van der Waals surface area contributed by atoms with Crippen LogP contribution in [0.5, 0.6) is 0 Å². The fourth-order valence-electron chi connectivity index (χ4n) is 1.82. The SMILES string of the molecule is CCNC(=NCc1cc(Cl)c(Cl)n1C)NCCCCSC.I. The van der Waals surface area contributed by atoms with Gasteiger partial charge in [-0.1, -0.05) is 23.2 Å². The van der Waals surface area contributed by atoms with Crippen LogP contribution in [0.25, 0.3) is 0 Å². The largest absolute Gasteiger partial charge is 0.357 e. The Kier molecular flexibility index (Phi) is 12.7. The van der Waals surface area contributed by atoms with Gasteiger partial charge < -0.3 is 15.2 Å². The Morgan fingerprint density at radius 1 is 1.32 bits per heavy atom. The average molecular weight is 479 g/mol. The van der Waals surface area contributed by atoms with Crippen molar-refractivity contribution in [3.05, 3.63) is 21.9 Å². The number of hydrogen-bond acceptors (Lipinski definition) is 2. The van der Waals surface area contributed by atoms with E-state index in [4.69, 9.17) is 23.2 Å². The monoisotopic (exact) mass is 478 g/mol. The minimum Gasteiger partial charge on any atom is -0.357 e. The van der Waals surface area contributed by atoms with E-state index >= 15 is 0 Å². The first-order valence-electron chi connectivity index (χ1n) is 7.10. The minimum atomic E-state index is 0. The summed E-state index contributed by atoms with van der Waals surface area (Å²) in [6.45, 7) is 4.37. The molecule has 0 atom stereocenters. The van der Waals surface area contributed by atoms with E-state index in [1.807, 2.05) is 29.4 Å². The van der Waals surface area contributed by atoms with E-state index in [2.05, 4.69) is 28.8 Å². The van der Waals surface area contributed by atoms with Crippen LogP contribution >= 0.6 is 58.9 Å². The van der Waals surface area contributed by atoms with Crippen LogP contribution in [0.3, 0.4) is 0 Å². The van der Waals surface area contributed by atoms with Crippen LogP contribution < -0.4 is 10.6 Å². The summed E-state index contributed by atoms with van der Waals surface area (Å²) >= 11 is 13.9. The van der Waals surface area contributed by atoms with E-state index < -0.39 is 0 Å². The zero-order valence-electron chi connectivity index (χ0n) is 13.3. The molecule has 1 aromatic heterocycles. The Morgan fingerprint density at radius 3 is 2.59 bits per heavy atom. The molecule has 0 unspecified atom stereocenters. The molecule has 4 nitrogen and oxygen atoms in total. The van der Waals surface area contributed by atoms with Crippen molar-refractivity contribution in [2.24, 2.45) is 12.0 Å². The van der Waals surface area contributed by atoms with Crippen molar-refractivity contribution >= 4 is 64.9 Å². The molecule has 128 valence electrons. The first-order chi connectivity index (χ1) is 10.1. The van der Waals surface area contributed by atoms with Crippen LogP contribution in [0.15, 0.2) is 11.1 Å². The third-order valence-electron chi connectivity index (χ3n) is 3.03. The van der Waals surface area contributed by atoms with Crippen LogP contribution in [0.4, 0.5) is 0 Å². The van der Waals surface area contributed by atoms with Gasteiger partial charge in [-0.3, -0.25) is 0 Å². The molecule has 2 N–H and O–H groups in total. The highest BCUT2D eigenvalue weighted by Gasteiger charge is 2.08. The summed E-state index contributed by atoms with van der Waals surface area (Å²) in [4.78, 5) is 4.57. The van der Waals surface area contributed by atoms with Crippen molar-refractivity contribution in [2.75, 3.05) is 25.1 Å². The second-order valence-corrected chi connectivity index (χ2v) is 6.41. The van der Waals surface area contributed by atoms with Crippen LogP contribution in [0.1, 0.15) is 25.5 Å². The first kappa shape index (κ1) is 22.2. The third-order valence-corrected chi connectivity index (χ3v) is 4.57. The standard InChI is InChI=1S/C14H24Cl2N4S.HI/c1-4-17-14(18-7-5-6-8-21-3)19-10-11-9-12(15)13(16)20(11)2;/h9H,4-8,10H2,1-3H3,(H2,17,18,19);1H. The Morgan fingerprint density at radius 2 is 2.05 bits per heavy atom. The smallest absolute Gasteiger partial charge is 0.191 e. The number of rotatable bonds is 8. The maximum absolute atomic E-state index is 6.06. The van der Waals surface area contributed by atoms with Gasteiger partial charge >= 0.3 is 0 Å². The van der Waals surface area contributed by atoms with Crippen molar-refractivity contribution in [2.45, 2.75) is 26.3 Å². The molecule has 0 aliphatic heterocycles. The molecule has 0 spiro atoms. The Bertz CT molecular complexity index is 466. The third kappa shape index (κ3) is 7.66. The second kappa shape index (κ2) is 12.6.